The van der Waals surface area contributed by atoms with Gasteiger partial charge in [0.05, 0.1) is 22.1 Å². The van der Waals surface area contributed by atoms with Crippen molar-refractivity contribution in [1.29, 1.82) is 0 Å². The number of hydrogen-bond acceptors (Lipinski definition) is 0. The average molecular weight is 677 g/mol. The van der Waals surface area contributed by atoms with Gasteiger partial charge in [0, 0.05) is 32.9 Å². The molecule has 0 saturated carbocycles. The molecule has 250 valence electrons. The van der Waals surface area contributed by atoms with Crippen LogP contribution in [0.25, 0.3) is 98.8 Å². The van der Waals surface area contributed by atoms with Crippen molar-refractivity contribution in [3.63, 3.8) is 0 Å². The molecule has 2 aromatic heterocycles. The Labute approximate surface area is 308 Å². The molecule has 0 spiro atoms. The van der Waals surface area contributed by atoms with Crippen LogP contribution in [0.3, 0.4) is 0 Å². The Morgan fingerprint density at radius 1 is 0.340 bits per heavy atom. The summed E-state index contributed by atoms with van der Waals surface area (Å²) in [5.41, 5.74) is 11.5. The van der Waals surface area contributed by atoms with E-state index < -0.39 is 0 Å². The third-order valence-electron chi connectivity index (χ3n) is 10.7. The van der Waals surface area contributed by atoms with Crippen LogP contribution in [0.2, 0.25) is 0 Å². The third kappa shape index (κ3) is 5.03. The van der Waals surface area contributed by atoms with Gasteiger partial charge in [-0.15, -0.1) is 0 Å². The Bertz CT molecular complexity index is 3120. The fourth-order valence-electron chi connectivity index (χ4n) is 8.33. The van der Waals surface area contributed by atoms with Crippen molar-refractivity contribution in [1.82, 2.24) is 9.13 Å². The minimum Gasteiger partial charge on any atom is -0.314 e. The number of rotatable bonds is 4. The lowest BCUT2D eigenvalue weighted by molar-refractivity contribution is 1.17. The van der Waals surface area contributed by atoms with Crippen LogP contribution in [0.4, 0.5) is 0 Å². The minimum absolute atomic E-state index is 1.01. The van der Waals surface area contributed by atoms with Crippen molar-refractivity contribution < 1.29 is 0 Å². The van der Waals surface area contributed by atoms with Gasteiger partial charge in [0.15, 0.2) is 0 Å². The smallest absolute Gasteiger partial charge is 0.0540 e. The van der Waals surface area contributed by atoms with E-state index in [2.05, 4.69) is 211 Å². The largest absolute Gasteiger partial charge is 0.314 e. The zero-order valence-corrected chi connectivity index (χ0v) is 29.5. The van der Waals surface area contributed by atoms with E-state index in [0.717, 1.165) is 22.4 Å². The second kappa shape index (κ2) is 12.4. The third-order valence-corrected chi connectivity index (χ3v) is 10.7. The Morgan fingerprint density at radius 3 is 1.32 bits per heavy atom. The van der Waals surface area contributed by atoms with Gasteiger partial charge in [-0.1, -0.05) is 146 Å². The van der Waals surface area contributed by atoms with Crippen molar-refractivity contribution in [3.8, 4) is 27.9 Å². The zero-order valence-electron chi connectivity index (χ0n) is 29.5. The Morgan fingerprint density at radius 2 is 0.717 bits per heavy atom. The molecule has 0 aliphatic rings. The fourth-order valence-corrected chi connectivity index (χ4v) is 8.33. The second-order valence-corrected chi connectivity index (χ2v) is 13.9. The molecule has 0 amide bonds. The molecule has 0 fully saturated rings. The van der Waals surface area contributed by atoms with Crippen LogP contribution in [-0.4, -0.2) is 9.13 Å². The number of aromatic nitrogens is 2. The molecule has 0 radical (unpaired) electrons. The highest BCUT2D eigenvalue weighted by Gasteiger charge is 2.15. The fraction of sp³-hybridized carbons (Fsp3) is 0.0196. The summed E-state index contributed by atoms with van der Waals surface area (Å²) >= 11 is 0. The molecule has 2 nitrogen and oxygen atoms in total. The van der Waals surface area contributed by atoms with E-state index in [0.29, 0.717) is 0 Å². The maximum Gasteiger partial charge on any atom is 0.0540 e. The highest BCUT2D eigenvalue weighted by Crippen LogP contribution is 2.38. The normalized spacial score (nSPS) is 11.6. The molecule has 0 aliphatic heterocycles. The summed E-state index contributed by atoms with van der Waals surface area (Å²) in [5.74, 6) is 0. The van der Waals surface area contributed by atoms with E-state index in [1.165, 1.54) is 76.4 Å². The lowest BCUT2D eigenvalue weighted by Gasteiger charge is -2.15. The van der Waals surface area contributed by atoms with E-state index in [9.17, 15) is 0 Å². The van der Waals surface area contributed by atoms with Crippen LogP contribution in [0.15, 0.2) is 195 Å². The van der Waals surface area contributed by atoms with Gasteiger partial charge >= 0.3 is 0 Å². The molecule has 2 heterocycles. The van der Waals surface area contributed by atoms with Crippen LogP contribution in [-0.2, 0) is 0 Å². The van der Waals surface area contributed by atoms with Crippen LogP contribution in [0, 0.1) is 0 Å². The SMILES string of the molecule is C=C(C)n1c2ccccc2c2cc(-c3ccc4c(c3)c3ccccc3c3ccccc3c3ccccc3n4-c3ccc(-c4ccccc4)cc3)ccc21. The monoisotopic (exact) mass is 676 g/mol. The molecule has 0 unspecified atom stereocenters. The summed E-state index contributed by atoms with van der Waals surface area (Å²) in [6, 6.07) is 68.7. The van der Waals surface area contributed by atoms with Gasteiger partial charge in [-0.25, -0.2) is 0 Å². The van der Waals surface area contributed by atoms with Crippen LogP contribution in [0.1, 0.15) is 6.92 Å². The van der Waals surface area contributed by atoms with E-state index in [1.54, 1.807) is 0 Å². The lowest BCUT2D eigenvalue weighted by Crippen LogP contribution is -1.98. The molecule has 53 heavy (non-hydrogen) atoms. The predicted octanol–water partition coefficient (Wildman–Crippen LogP) is 14.1. The van der Waals surface area contributed by atoms with Gasteiger partial charge in [0.2, 0.25) is 0 Å². The van der Waals surface area contributed by atoms with Crippen molar-refractivity contribution in [2.45, 2.75) is 6.92 Å². The second-order valence-electron chi connectivity index (χ2n) is 13.9. The summed E-state index contributed by atoms with van der Waals surface area (Å²) in [7, 11) is 0. The Kier molecular flexibility index (Phi) is 7.23. The van der Waals surface area contributed by atoms with E-state index in [-0.39, 0.29) is 0 Å². The number of fused-ring (bicyclic) bond motifs is 10. The van der Waals surface area contributed by atoms with Crippen molar-refractivity contribution in [2.24, 2.45) is 0 Å². The quantitative estimate of drug-likeness (QED) is 0.176. The first-order chi connectivity index (χ1) is 26.1. The standard InChI is InChI=1S/C51H36N2/c1-34(2)52-48-22-12-11-21-45(48)47-33-38(26-30-50(47)52)37-27-31-51-46(32-37)43-19-9-7-17-41(43)40-16-6-8-18-42(40)44-20-10-13-23-49(44)53(51)39-28-24-36(25-29-39)35-14-4-3-5-15-35/h3-33H,1H2,2H3. The molecule has 2 heteroatoms. The summed E-state index contributed by atoms with van der Waals surface area (Å²) < 4.78 is 4.72. The summed E-state index contributed by atoms with van der Waals surface area (Å²) in [5, 5.41) is 9.71. The van der Waals surface area contributed by atoms with Crippen LogP contribution in [0.5, 0.6) is 0 Å². The molecule has 0 bridgehead atoms. The molecular weight excluding hydrogens is 641 g/mol. The van der Waals surface area contributed by atoms with Crippen molar-refractivity contribution >= 4 is 70.9 Å². The van der Waals surface area contributed by atoms with Gasteiger partial charge in [-0.3, -0.25) is 0 Å². The highest BCUT2D eigenvalue weighted by molar-refractivity contribution is 6.20. The van der Waals surface area contributed by atoms with Crippen LogP contribution < -0.4 is 0 Å². The number of benzene rings is 8. The van der Waals surface area contributed by atoms with Gasteiger partial charge < -0.3 is 9.13 Å². The molecule has 0 N–H and O–H groups in total. The first-order valence-electron chi connectivity index (χ1n) is 18.2. The molecule has 0 aliphatic carbocycles. The number of para-hydroxylation sites is 2. The number of nitrogens with zero attached hydrogens (tertiary/aromatic N) is 2. The van der Waals surface area contributed by atoms with E-state index in [1.807, 2.05) is 0 Å². The van der Waals surface area contributed by atoms with Gasteiger partial charge in [-0.05, 0) is 99.3 Å². The van der Waals surface area contributed by atoms with Gasteiger partial charge in [0.1, 0.15) is 0 Å². The molecule has 10 rings (SSSR count). The highest BCUT2D eigenvalue weighted by atomic mass is 15.0. The Balaban J connectivity index is 1.33. The van der Waals surface area contributed by atoms with Crippen molar-refractivity contribution in [2.75, 3.05) is 0 Å². The topological polar surface area (TPSA) is 9.86 Å². The minimum atomic E-state index is 1.01. The summed E-state index contributed by atoms with van der Waals surface area (Å²) in [6.45, 7) is 6.39. The van der Waals surface area contributed by atoms with E-state index in [4.69, 9.17) is 0 Å². The van der Waals surface area contributed by atoms with E-state index >= 15 is 0 Å². The van der Waals surface area contributed by atoms with Gasteiger partial charge in [0.25, 0.3) is 0 Å². The molecule has 10 aromatic rings. The number of allylic oxidation sites excluding steroid dienone is 1. The first kappa shape index (κ1) is 30.9. The van der Waals surface area contributed by atoms with Crippen LogP contribution >= 0.6 is 0 Å². The maximum absolute atomic E-state index is 4.31. The predicted molar refractivity (Wildman–Crippen MR) is 228 cm³/mol. The van der Waals surface area contributed by atoms with Gasteiger partial charge in [-0.2, -0.15) is 0 Å². The lowest BCUT2D eigenvalue weighted by atomic mass is 9.98. The first-order valence-corrected chi connectivity index (χ1v) is 18.2. The Hall–Kier alpha value is -6.90. The average Bonchev–Trinajstić information content (AvgIpc) is 3.57. The maximum atomic E-state index is 4.31. The number of hydrogen-bond donors (Lipinski definition) is 0. The summed E-state index contributed by atoms with van der Waals surface area (Å²) in [4.78, 5) is 0. The molecule has 0 saturated heterocycles. The molecular formula is C51H36N2. The molecule has 8 aromatic carbocycles. The molecule has 0 atom stereocenters. The summed E-state index contributed by atoms with van der Waals surface area (Å²) in [6.07, 6.45) is 0. The zero-order chi connectivity index (χ0) is 35.5. The van der Waals surface area contributed by atoms with Crippen molar-refractivity contribution in [3.05, 3.63) is 195 Å².